The summed E-state index contributed by atoms with van der Waals surface area (Å²) in [6.07, 6.45) is 0. The summed E-state index contributed by atoms with van der Waals surface area (Å²) < 4.78 is 21.9. The molecule has 3 heterocycles. The number of thiophene rings is 1. The number of hydrogen-bond donors (Lipinski definition) is 0. The Balaban J connectivity index is 1.29. The molecular weight excluding hydrogens is 670 g/mol. The number of benzene rings is 8. The average Bonchev–Trinajstić information content (AvgIpc) is 3.86. The summed E-state index contributed by atoms with van der Waals surface area (Å²) in [5.74, 6) is -0.261. The summed E-state index contributed by atoms with van der Waals surface area (Å²) >= 11 is 1.83. The number of nitrogens with zero attached hydrogens (tertiary/aromatic N) is 3. The Bertz CT molecular complexity index is 3210. The van der Waals surface area contributed by atoms with Crippen LogP contribution in [0, 0.1) is 5.82 Å². The Morgan fingerprint density at radius 1 is 0.415 bits per heavy atom. The molecule has 0 bridgehead atoms. The van der Waals surface area contributed by atoms with Crippen molar-refractivity contribution < 1.29 is 4.39 Å². The zero-order chi connectivity index (χ0) is 35.0. The van der Waals surface area contributed by atoms with Gasteiger partial charge in [-0.3, -0.25) is 0 Å². The standard InChI is InChI=1S/C48H30FN3S/c49-31-13-10-16-33(29-31)50-41-22-8-5-19-39(41)47-42(50)23-12-24-43(47)51(34-27-28-37-36-18-6-9-26-45(36)53-46(37)30-34)44-25-11-20-38-35-17-4-7-21-40(35)52(48(38)44)32-14-2-1-3-15-32/h1-30H. The van der Waals surface area contributed by atoms with Crippen LogP contribution in [0.2, 0.25) is 0 Å². The fourth-order valence-corrected chi connectivity index (χ4v) is 9.51. The molecule has 5 heteroatoms. The van der Waals surface area contributed by atoms with Crippen LogP contribution in [0.3, 0.4) is 0 Å². The van der Waals surface area contributed by atoms with Gasteiger partial charge in [0.2, 0.25) is 0 Å². The van der Waals surface area contributed by atoms with E-state index in [4.69, 9.17) is 0 Å². The number of rotatable bonds is 5. The number of para-hydroxylation sites is 4. The monoisotopic (exact) mass is 699 g/mol. The van der Waals surface area contributed by atoms with Gasteiger partial charge in [0.25, 0.3) is 0 Å². The van der Waals surface area contributed by atoms with Crippen molar-refractivity contribution in [1.29, 1.82) is 0 Å². The lowest BCUT2D eigenvalue weighted by Gasteiger charge is -2.28. The van der Waals surface area contributed by atoms with Crippen molar-refractivity contribution in [1.82, 2.24) is 9.13 Å². The van der Waals surface area contributed by atoms with Gasteiger partial charge in [-0.15, -0.1) is 11.3 Å². The van der Waals surface area contributed by atoms with Crippen molar-refractivity contribution in [2.45, 2.75) is 0 Å². The molecule has 0 spiro atoms. The second-order valence-electron chi connectivity index (χ2n) is 13.5. The number of anilines is 3. The minimum absolute atomic E-state index is 0.261. The van der Waals surface area contributed by atoms with Crippen LogP contribution in [-0.4, -0.2) is 9.13 Å². The minimum atomic E-state index is -0.261. The molecule has 0 aliphatic heterocycles. The Kier molecular flexibility index (Phi) is 6.60. The SMILES string of the molecule is Fc1cccc(-n2c3ccccc3c3c(N(c4ccc5c(c4)sc4ccccc45)c4cccc5c6ccccc6n(-c6ccccc6)c45)cccc32)c1. The minimum Gasteiger partial charge on any atom is -0.309 e. The topological polar surface area (TPSA) is 13.1 Å². The van der Waals surface area contributed by atoms with Crippen LogP contribution < -0.4 is 4.90 Å². The van der Waals surface area contributed by atoms with Gasteiger partial charge in [-0.05, 0) is 78.9 Å². The van der Waals surface area contributed by atoms with E-state index >= 15 is 0 Å². The number of hydrogen-bond acceptors (Lipinski definition) is 2. The number of halogens is 1. The summed E-state index contributed by atoms with van der Waals surface area (Å²) in [5.41, 5.74) is 9.39. The lowest BCUT2D eigenvalue weighted by atomic mass is 10.1. The van der Waals surface area contributed by atoms with Gasteiger partial charge in [0.1, 0.15) is 5.82 Å². The molecule has 0 amide bonds. The van der Waals surface area contributed by atoms with Gasteiger partial charge in [-0.1, -0.05) is 103 Å². The van der Waals surface area contributed by atoms with Crippen molar-refractivity contribution in [3.05, 3.63) is 188 Å². The van der Waals surface area contributed by atoms with Gasteiger partial charge in [0, 0.05) is 58.8 Å². The Labute approximate surface area is 308 Å². The van der Waals surface area contributed by atoms with Crippen molar-refractivity contribution in [2.24, 2.45) is 0 Å². The third-order valence-electron chi connectivity index (χ3n) is 10.5. The zero-order valence-corrected chi connectivity index (χ0v) is 29.3. The maximum atomic E-state index is 14.8. The molecule has 0 aliphatic carbocycles. The van der Waals surface area contributed by atoms with Gasteiger partial charge in [0.05, 0.1) is 33.4 Å². The maximum absolute atomic E-state index is 14.8. The highest BCUT2D eigenvalue weighted by atomic mass is 32.1. The smallest absolute Gasteiger partial charge is 0.125 e. The molecule has 0 saturated carbocycles. The Hall–Kier alpha value is -6.69. The molecule has 11 aromatic rings. The predicted octanol–water partition coefficient (Wildman–Crippen LogP) is 13.9. The van der Waals surface area contributed by atoms with Gasteiger partial charge in [-0.25, -0.2) is 4.39 Å². The highest BCUT2D eigenvalue weighted by molar-refractivity contribution is 7.25. The highest BCUT2D eigenvalue weighted by Gasteiger charge is 2.25. The first-order valence-corrected chi connectivity index (χ1v) is 18.6. The van der Waals surface area contributed by atoms with Crippen molar-refractivity contribution in [3.63, 3.8) is 0 Å². The second kappa shape index (κ2) is 11.7. The van der Waals surface area contributed by atoms with Gasteiger partial charge in [0.15, 0.2) is 0 Å². The van der Waals surface area contributed by atoms with Crippen LogP contribution in [-0.2, 0) is 0 Å². The van der Waals surface area contributed by atoms with E-state index < -0.39 is 0 Å². The van der Waals surface area contributed by atoms with E-state index in [1.165, 1.54) is 37.0 Å². The Morgan fingerprint density at radius 2 is 1.04 bits per heavy atom. The van der Waals surface area contributed by atoms with Gasteiger partial charge in [-0.2, -0.15) is 0 Å². The Morgan fingerprint density at radius 3 is 1.89 bits per heavy atom. The van der Waals surface area contributed by atoms with Gasteiger partial charge < -0.3 is 14.0 Å². The average molecular weight is 700 g/mol. The molecule has 0 atom stereocenters. The van der Waals surface area contributed by atoms with E-state index in [0.29, 0.717) is 0 Å². The summed E-state index contributed by atoms with van der Waals surface area (Å²) in [4.78, 5) is 2.44. The lowest BCUT2D eigenvalue weighted by Crippen LogP contribution is -2.12. The fourth-order valence-electron chi connectivity index (χ4n) is 8.37. The van der Waals surface area contributed by atoms with E-state index in [1.54, 1.807) is 12.1 Å². The first-order chi connectivity index (χ1) is 26.2. The third kappa shape index (κ3) is 4.51. The first-order valence-electron chi connectivity index (χ1n) is 17.8. The molecule has 3 nitrogen and oxygen atoms in total. The molecule has 11 rings (SSSR count). The van der Waals surface area contributed by atoms with Crippen molar-refractivity contribution in [2.75, 3.05) is 4.90 Å². The fraction of sp³-hybridized carbons (Fsp3) is 0. The lowest BCUT2D eigenvalue weighted by molar-refractivity contribution is 0.627. The second-order valence-corrected chi connectivity index (χ2v) is 14.6. The summed E-state index contributed by atoms with van der Waals surface area (Å²) in [6.45, 7) is 0. The van der Waals surface area contributed by atoms with E-state index in [1.807, 2.05) is 17.4 Å². The summed E-state index contributed by atoms with van der Waals surface area (Å²) in [7, 11) is 0. The van der Waals surface area contributed by atoms with Crippen LogP contribution in [0.1, 0.15) is 0 Å². The molecule has 0 fully saturated rings. The quantitative estimate of drug-likeness (QED) is 0.174. The molecule has 0 saturated heterocycles. The molecule has 8 aromatic carbocycles. The van der Waals surface area contributed by atoms with E-state index in [2.05, 4.69) is 172 Å². The van der Waals surface area contributed by atoms with E-state index in [-0.39, 0.29) is 5.82 Å². The van der Waals surface area contributed by atoms with Crippen LogP contribution in [0.15, 0.2) is 182 Å². The first kappa shape index (κ1) is 30.0. The summed E-state index contributed by atoms with van der Waals surface area (Å²) in [5, 5.41) is 7.12. The van der Waals surface area contributed by atoms with Crippen LogP contribution in [0.25, 0.3) is 75.2 Å². The molecule has 0 unspecified atom stereocenters. The van der Waals surface area contributed by atoms with Crippen LogP contribution in [0.4, 0.5) is 21.5 Å². The van der Waals surface area contributed by atoms with E-state index in [9.17, 15) is 4.39 Å². The van der Waals surface area contributed by atoms with Gasteiger partial charge >= 0.3 is 0 Å². The normalized spacial score (nSPS) is 11.9. The van der Waals surface area contributed by atoms with Crippen LogP contribution >= 0.6 is 11.3 Å². The highest BCUT2D eigenvalue weighted by Crippen LogP contribution is 2.48. The molecule has 250 valence electrons. The molecule has 0 radical (unpaired) electrons. The summed E-state index contributed by atoms with van der Waals surface area (Å²) in [6, 6.07) is 63.4. The molecule has 3 aromatic heterocycles. The molecule has 0 aliphatic rings. The number of fused-ring (bicyclic) bond motifs is 9. The van der Waals surface area contributed by atoms with Crippen molar-refractivity contribution >= 4 is 92.2 Å². The largest absolute Gasteiger partial charge is 0.309 e. The van der Waals surface area contributed by atoms with Crippen LogP contribution in [0.5, 0.6) is 0 Å². The van der Waals surface area contributed by atoms with E-state index in [0.717, 1.165) is 61.3 Å². The number of aromatic nitrogens is 2. The molecular formula is C48H30FN3S. The zero-order valence-electron chi connectivity index (χ0n) is 28.4. The van der Waals surface area contributed by atoms with Crippen molar-refractivity contribution in [3.8, 4) is 11.4 Å². The molecule has 53 heavy (non-hydrogen) atoms. The third-order valence-corrected chi connectivity index (χ3v) is 11.7. The predicted molar refractivity (Wildman–Crippen MR) is 223 cm³/mol. The molecule has 0 N–H and O–H groups in total. The maximum Gasteiger partial charge on any atom is 0.125 e.